The number of carbonyl (C=O) groups excluding carboxylic acids is 1. The molecule has 4 rings (SSSR count). The van der Waals surface area contributed by atoms with Crippen molar-refractivity contribution in [3.63, 3.8) is 0 Å². The maximum atomic E-state index is 11.9. The van der Waals surface area contributed by atoms with Gasteiger partial charge in [-0.15, -0.1) is 11.3 Å². The smallest absolute Gasteiger partial charge is 0.222 e. The normalized spacial score (nSPS) is 15.5. The second kappa shape index (κ2) is 6.80. The fraction of sp³-hybridized carbons (Fsp3) is 0.316. The molecule has 5 nitrogen and oxygen atoms in total. The molecule has 25 heavy (non-hydrogen) atoms. The molecule has 1 fully saturated rings. The highest BCUT2D eigenvalue weighted by Crippen LogP contribution is 2.31. The Kier molecular flexibility index (Phi) is 4.36. The predicted octanol–water partition coefficient (Wildman–Crippen LogP) is 3.32. The summed E-state index contributed by atoms with van der Waals surface area (Å²) in [5, 5.41) is 5.88. The molecule has 3 aromatic rings. The number of para-hydroxylation sites is 1. The average Bonchev–Trinajstić information content (AvgIpc) is 3.21. The summed E-state index contributed by atoms with van der Waals surface area (Å²) in [5.74, 6) is 2.00. The topological polar surface area (TPSA) is 58.1 Å². The van der Waals surface area contributed by atoms with E-state index in [-0.39, 0.29) is 11.8 Å². The van der Waals surface area contributed by atoms with Gasteiger partial charge in [0.05, 0.1) is 10.4 Å². The molecule has 0 atom stereocenters. The number of nitrogens with zero attached hydrogens (tertiary/aromatic N) is 3. The van der Waals surface area contributed by atoms with E-state index in [1.165, 1.54) is 0 Å². The van der Waals surface area contributed by atoms with Gasteiger partial charge in [0.25, 0.3) is 0 Å². The number of anilines is 1. The zero-order valence-electron chi connectivity index (χ0n) is 14.1. The quantitative estimate of drug-likeness (QED) is 0.786. The van der Waals surface area contributed by atoms with Gasteiger partial charge in [-0.3, -0.25) is 4.79 Å². The molecule has 0 radical (unpaired) electrons. The minimum absolute atomic E-state index is 0.103. The Morgan fingerprint density at radius 1 is 1.16 bits per heavy atom. The summed E-state index contributed by atoms with van der Waals surface area (Å²) in [4.78, 5) is 24.9. The van der Waals surface area contributed by atoms with Crippen LogP contribution in [0.3, 0.4) is 0 Å². The fourth-order valence-corrected chi connectivity index (χ4v) is 4.03. The van der Waals surface area contributed by atoms with E-state index in [2.05, 4.69) is 22.3 Å². The van der Waals surface area contributed by atoms with Crippen LogP contribution in [0.4, 0.5) is 5.82 Å². The largest absolute Gasteiger partial charge is 0.359 e. The lowest BCUT2D eigenvalue weighted by Crippen LogP contribution is -2.40. The van der Waals surface area contributed by atoms with E-state index >= 15 is 0 Å². The summed E-state index contributed by atoms with van der Waals surface area (Å²) >= 11 is 1.65. The molecule has 1 amide bonds. The SMILES string of the molecule is CNC(=O)C1CCN(c2nc(-c3cccs3)nc3ccccc23)CC1. The lowest BCUT2D eigenvalue weighted by atomic mass is 9.96. The standard InChI is InChI=1S/C19H20N4OS/c1-20-19(24)13-8-10-23(11-9-13)18-14-5-2-3-6-15(14)21-17(22-18)16-7-4-12-25-16/h2-7,12-13H,8-11H2,1H3,(H,20,24). The van der Waals surface area contributed by atoms with Gasteiger partial charge in [-0.2, -0.15) is 0 Å². The Hall–Kier alpha value is -2.47. The van der Waals surface area contributed by atoms with Crippen LogP contribution >= 0.6 is 11.3 Å². The van der Waals surface area contributed by atoms with Crippen molar-refractivity contribution in [2.24, 2.45) is 5.92 Å². The highest BCUT2D eigenvalue weighted by atomic mass is 32.1. The minimum Gasteiger partial charge on any atom is -0.359 e. The number of amides is 1. The highest BCUT2D eigenvalue weighted by Gasteiger charge is 2.26. The van der Waals surface area contributed by atoms with Gasteiger partial charge in [-0.1, -0.05) is 18.2 Å². The van der Waals surface area contributed by atoms with Crippen LogP contribution in [0.1, 0.15) is 12.8 Å². The van der Waals surface area contributed by atoms with E-state index in [1.807, 2.05) is 29.6 Å². The van der Waals surface area contributed by atoms with Gasteiger partial charge >= 0.3 is 0 Å². The molecular formula is C19H20N4OS. The third-order valence-electron chi connectivity index (χ3n) is 4.74. The van der Waals surface area contributed by atoms with E-state index in [0.29, 0.717) is 0 Å². The van der Waals surface area contributed by atoms with E-state index < -0.39 is 0 Å². The monoisotopic (exact) mass is 352 g/mol. The molecule has 128 valence electrons. The molecule has 6 heteroatoms. The third-order valence-corrected chi connectivity index (χ3v) is 5.60. The first-order valence-corrected chi connectivity index (χ1v) is 9.41. The molecule has 0 bridgehead atoms. The van der Waals surface area contributed by atoms with Crippen molar-refractivity contribution in [3.05, 3.63) is 41.8 Å². The fourth-order valence-electron chi connectivity index (χ4n) is 3.37. The molecule has 1 aliphatic heterocycles. The number of thiophene rings is 1. The van der Waals surface area contributed by atoms with Crippen LogP contribution in [-0.4, -0.2) is 36.0 Å². The number of piperidine rings is 1. The van der Waals surface area contributed by atoms with Crippen molar-refractivity contribution in [2.45, 2.75) is 12.8 Å². The van der Waals surface area contributed by atoms with Gasteiger partial charge in [0, 0.05) is 31.4 Å². The Bertz CT molecular complexity index is 886. The van der Waals surface area contributed by atoms with Gasteiger partial charge < -0.3 is 10.2 Å². The van der Waals surface area contributed by atoms with Gasteiger partial charge in [0.15, 0.2) is 5.82 Å². The Balaban J connectivity index is 1.70. The molecule has 0 spiro atoms. The van der Waals surface area contributed by atoms with Crippen LogP contribution in [0.25, 0.3) is 21.6 Å². The summed E-state index contributed by atoms with van der Waals surface area (Å²) in [7, 11) is 1.71. The number of carbonyl (C=O) groups is 1. The van der Waals surface area contributed by atoms with Crippen molar-refractivity contribution >= 4 is 34.0 Å². The van der Waals surface area contributed by atoms with E-state index in [1.54, 1.807) is 18.4 Å². The zero-order chi connectivity index (χ0) is 17.2. The molecule has 0 saturated carbocycles. The molecular weight excluding hydrogens is 332 g/mol. The minimum atomic E-state index is 0.103. The molecule has 1 saturated heterocycles. The second-order valence-electron chi connectivity index (χ2n) is 6.24. The predicted molar refractivity (Wildman–Crippen MR) is 102 cm³/mol. The van der Waals surface area contributed by atoms with E-state index in [9.17, 15) is 4.79 Å². The van der Waals surface area contributed by atoms with E-state index in [0.717, 1.165) is 53.4 Å². The summed E-state index contributed by atoms with van der Waals surface area (Å²) in [6.07, 6.45) is 1.71. The lowest BCUT2D eigenvalue weighted by molar-refractivity contribution is -0.125. The molecule has 1 N–H and O–H groups in total. The molecule has 0 aliphatic carbocycles. The first kappa shape index (κ1) is 16.0. The first-order valence-electron chi connectivity index (χ1n) is 8.53. The number of hydrogen-bond acceptors (Lipinski definition) is 5. The second-order valence-corrected chi connectivity index (χ2v) is 7.19. The van der Waals surface area contributed by atoms with Crippen molar-refractivity contribution in [2.75, 3.05) is 25.0 Å². The molecule has 1 aliphatic rings. The number of hydrogen-bond donors (Lipinski definition) is 1. The van der Waals surface area contributed by atoms with Crippen LogP contribution in [0.5, 0.6) is 0 Å². The van der Waals surface area contributed by atoms with Crippen LogP contribution < -0.4 is 10.2 Å². The summed E-state index contributed by atoms with van der Waals surface area (Å²) in [5.41, 5.74) is 0.962. The Labute approximate surface area is 150 Å². The van der Waals surface area contributed by atoms with Gasteiger partial charge in [-0.05, 0) is 36.4 Å². The molecule has 3 heterocycles. The Morgan fingerprint density at radius 2 is 1.96 bits per heavy atom. The zero-order valence-corrected chi connectivity index (χ0v) is 14.9. The molecule has 2 aromatic heterocycles. The third kappa shape index (κ3) is 3.09. The van der Waals surface area contributed by atoms with E-state index in [4.69, 9.17) is 9.97 Å². The molecule has 1 aromatic carbocycles. The number of nitrogens with one attached hydrogen (secondary N) is 1. The van der Waals surface area contributed by atoms with Crippen LogP contribution in [0, 0.1) is 5.92 Å². The number of fused-ring (bicyclic) bond motifs is 1. The van der Waals surface area contributed by atoms with Crippen molar-refractivity contribution in [1.29, 1.82) is 0 Å². The number of rotatable bonds is 3. The average molecular weight is 352 g/mol. The van der Waals surface area contributed by atoms with Gasteiger partial charge in [0.2, 0.25) is 5.91 Å². The van der Waals surface area contributed by atoms with Crippen LogP contribution in [0.2, 0.25) is 0 Å². The maximum Gasteiger partial charge on any atom is 0.222 e. The number of benzene rings is 1. The van der Waals surface area contributed by atoms with Crippen molar-refractivity contribution in [3.8, 4) is 10.7 Å². The summed E-state index contributed by atoms with van der Waals surface area (Å²) in [6, 6.07) is 12.2. The molecule has 0 unspecified atom stereocenters. The summed E-state index contributed by atoms with van der Waals surface area (Å²) < 4.78 is 0. The Morgan fingerprint density at radius 3 is 2.68 bits per heavy atom. The van der Waals surface area contributed by atoms with Gasteiger partial charge in [0.1, 0.15) is 5.82 Å². The van der Waals surface area contributed by atoms with Crippen LogP contribution in [0.15, 0.2) is 41.8 Å². The van der Waals surface area contributed by atoms with Crippen LogP contribution in [-0.2, 0) is 4.79 Å². The lowest BCUT2D eigenvalue weighted by Gasteiger charge is -2.32. The summed E-state index contributed by atoms with van der Waals surface area (Å²) in [6.45, 7) is 1.67. The van der Waals surface area contributed by atoms with Crippen molar-refractivity contribution in [1.82, 2.24) is 15.3 Å². The van der Waals surface area contributed by atoms with Gasteiger partial charge in [-0.25, -0.2) is 9.97 Å². The maximum absolute atomic E-state index is 11.9. The first-order chi connectivity index (χ1) is 12.3. The highest BCUT2D eigenvalue weighted by molar-refractivity contribution is 7.13. The number of aromatic nitrogens is 2. The van der Waals surface area contributed by atoms with Crippen molar-refractivity contribution < 1.29 is 4.79 Å².